The molecule has 4 rings (SSSR count). The Morgan fingerprint density at radius 3 is 2.85 bits per heavy atom. The van der Waals surface area contributed by atoms with Crippen molar-refractivity contribution in [2.45, 2.75) is 30.0 Å². The van der Waals surface area contributed by atoms with Crippen LogP contribution in [0.4, 0.5) is 5.69 Å². The molecule has 0 aliphatic carbocycles. The first-order valence-corrected chi connectivity index (χ1v) is 9.52. The van der Waals surface area contributed by atoms with Crippen LogP contribution < -0.4 is 10.3 Å². The SMILES string of the molecule is C[C@@H]1CCN(C(=O)Cn2ncc(=O)c3ccccc32)c2ccccc2S1. The molecule has 1 amide bonds. The normalized spacial score (nSPS) is 17.0. The van der Waals surface area contributed by atoms with Gasteiger partial charge in [0.2, 0.25) is 11.3 Å². The van der Waals surface area contributed by atoms with Gasteiger partial charge in [-0.1, -0.05) is 31.2 Å². The first-order chi connectivity index (χ1) is 12.6. The maximum Gasteiger partial charge on any atom is 0.248 e. The molecule has 0 saturated heterocycles. The molecule has 1 atom stereocenters. The number of rotatable bonds is 2. The number of nitrogens with zero attached hydrogens (tertiary/aromatic N) is 3. The molecule has 0 saturated carbocycles. The van der Waals surface area contributed by atoms with Crippen molar-refractivity contribution in [3.8, 4) is 0 Å². The van der Waals surface area contributed by atoms with Gasteiger partial charge in [0, 0.05) is 22.1 Å². The number of hydrogen-bond acceptors (Lipinski definition) is 4. The van der Waals surface area contributed by atoms with Gasteiger partial charge < -0.3 is 4.90 Å². The van der Waals surface area contributed by atoms with Crippen molar-refractivity contribution < 1.29 is 4.79 Å². The largest absolute Gasteiger partial charge is 0.310 e. The van der Waals surface area contributed by atoms with Crippen molar-refractivity contribution in [2.24, 2.45) is 0 Å². The number of fused-ring (bicyclic) bond motifs is 2. The predicted molar refractivity (Wildman–Crippen MR) is 105 cm³/mol. The monoisotopic (exact) mass is 365 g/mol. The Balaban J connectivity index is 1.69. The van der Waals surface area contributed by atoms with E-state index in [9.17, 15) is 9.59 Å². The molecule has 0 N–H and O–H groups in total. The van der Waals surface area contributed by atoms with Gasteiger partial charge in [-0.05, 0) is 30.7 Å². The van der Waals surface area contributed by atoms with E-state index in [-0.39, 0.29) is 17.9 Å². The summed E-state index contributed by atoms with van der Waals surface area (Å²) in [4.78, 5) is 28.1. The first-order valence-electron chi connectivity index (χ1n) is 8.64. The van der Waals surface area contributed by atoms with Crippen LogP contribution in [-0.2, 0) is 11.3 Å². The zero-order chi connectivity index (χ0) is 18.1. The van der Waals surface area contributed by atoms with E-state index in [1.807, 2.05) is 53.1 Å². The van der Waals surface area contributed by atoms with Crippen molar-refractivity contribution >= 4 is 34.3 Å². The highest BCUT2D eigenvalue weighted by Gasteiger charge is 2.24. The summed E-state index contributed by atoms with van der Waals surface area (Å²) in [6, 6.07) is 15.3. The van der Waals surface area contributed by atoms with Crippen LogP contribution in [0.15, 0.2) is 64.4 Å². The highest BCUT2D eigenvalue weighted by molar-refractivity contribution is 8.00. The molecule has 132 valence electrons. The van der Waals surface area contributed by atoms with Gasteiger partial charge in [0.25, 0.3) is 0 Å². The lowest BCUT2D eigenvalue weighted by Crippen LogP contribution is -2.35. The molecule has 26 heavy (non-hydrogen) atoms. The number of para-hydroxylation sites is 2. The van der Waals surface area contributed by atoms with Gasteiger partial charge in [-0.3, -0.25) is 14.3 Å². The molecule has 0 unspecified atom stereocenters. The third-order valence-electron chi connectivity index (χ3n) is 4.59. The van der Waals surface area contributed by atoms with Crippen molar-refractivity contribution in [2.75, 3.05) is 11.4 Å². The Hall–Kier alpha value is -2.60. The van der Waals surface area contributed by atoms with E-state index in [4.69, 9.17) is 0 Å². The second-order valence-corrected chi connectivity index (χ2v) is 7.89. The van der Waals surface area contributed by atoms with E-state index >= 15 is 0 Å². The van der Waals surface area contributed by atoms with E-state index in [1.54, 1.807) is 10.7 Å². The number of hydrogen-bond donors (Lipinski definition) is 0. The quantitative estimate of drug-likeness (QED) is 0.699. The maximum atomic E-state index is 13.1. The lowest BCUT2D eigenvalue weighted by Gasteiger charge is -2.23. The van der Waals surface area contributed by atoms with E-state index in [1.165, 1.54) is 6.20 Å². The molecular weight excluding hydrogens is 346 g/mol. The molecule has 0 bridgehead atoms. The van der Waals surface area contributed by atoms with Crippen LogP contribution in [0.25, 0.3) is 10.9 Å². The number of benzene rings is 2. The lowest BCUT2D eigenvalue weighted by atomic mass is 10.2. The molecule has 2 aromatic carbocycles. The van der Waals surface area contributed by atoms with Gasteiger partial charge in [0.15, 0.2) is 0 Å². The number of amides is 1. The summed E-state index contributed by atoms with van der Waals surface area (Å²) in [6.07, 6.45) is 2.22. The number of carbonyl (C=O) groups is 1. The Bertz CT molecular complexity index is 1030. The standard InChI is InChI=1S/C20H19N3O2S/c1-14-10-11-22(17-8-4-5-9-19(17)26-14)20(25)13-23-16-7-3-2-6-15(16)18(24)12-21-23/h2-9,12,14H,10-11,13H2,1H3/t14-/m1/s1. The van der Waals surface area contributed by atoms with Gasteiger partial charge >= 0.3 is 0 Å². The number of anilines is 1. The summed E-state index contributed by atoms with van der Waals surface area (Å²) in [7, 11) is 0. The Labute approximate surface area is 155 Å². The minimum atomic E-state index is -0.130. The molecule has 1 aliphatic rings. The lowest BCUT2D eigenvalue weighted by molar-refractivity contribution is -0.119. The molecule has 5 nitrogen and oxygen atoms in total. The third kappa shape index (κ3) is 3.12. The summed E-state index contributed by atoms with van der Waals surface area (Å²) >= 11 is 1.81. The highest BCUT2D eigenvalue weighted by atomic mass is 32.2. The molecule has 6 heteroatoms. The van der Waals surface area contributed by atoms with Crippen LogP contribution in [0.2, 0.25) is 0 Å². The fourth-order valence-corrected chi connectivity index (χ4v) is 4.36. The summed E-state index contributed by atoms with van der Waals surface area (Å²) in [5.41, 5.74) is 1.51. The van der Waals surface area contributed by atoms with Crippen molar-refractivity contribution in [3.63, 3.8) is 0 Å². The van der Waals surface area contributed by atoms with Gasteiger partial charge in [-0.2, -0.15) is 5.10 Å². The zero-order valence-corrected chi connectivity index (χ0v) is 15.3. The molecule has 0 radical (unpaired) electrons. The van der Waals surface area contributed by atoms with E-state index < -0.39 is 0 Å². The molecule has 2 heterocycles. The summed E-state index contributed by atoms with van der Waals surface area (Å²) in [5, 5.41) is 5.23. The first kappa shape index (κ1) is 16.8. The number of thioether (sulfide) groups is 1. The zero-order valence-electron chi connectivity index (χ0n) is 14.5. The van der Waals surface area contributed by atoms with Gasteiger partial charge in [0.05, 0.1) is 17.4 Å². The van der Waals surface area contributed by atoms with Crippen LogP contribution >= 0.6 is 11.8 Å². The highest BCUT2D eigenvalue weighted by Crippen LogP contribution is 2.37. The molecule has 3 aromatic rings. The minimum absolute atomic E-state index is 0.0200. The maximum absolute atomic E-state index is 13.1. The smallest absolute Gasteiger partial charge is 0.248 e. The summed E-state index contributed by atoms with van der Waals surface area (Å²) < 4.78 is 1.61. The number of aromatic nitrogens is 2. The minimum Gasteiger partial charge on any atom is -0.310 e. The second kappa shape index (κ2) is 6.96. The molecular formula is C20H19N3O2S. The fraction of sp³-hybridized carbons (Fsp3) is 0.250. The van der Waals surface area contributed by atoms with E-state index in [2.05, 4.69) is 18.1 Å². The fourth-order valence-electron chi connectivity index (χ4n) is 3.25. The summed E-state index contributed by atoms with van der Waals surface area (Å²) in [6.45, 7) is 2.97. The number of carbonyl (C=O) groups excluding carboxylic acids is 1. The predicted octanol–water partition coefficient (Wildman–Crippen LogP) is 3.31. The molecule has 0 fully saturated rings. The molecule has 1 aliphatic heterocycles. The van der Waals surface area contributed by atoms with Crippen molar-refractivity contribution in [1.82, 2.24) is 9.78 Å². The second-order valence-electron chi connectivity index (χ2n) is 6.41. The Kier molecular flexibility index (Phi) is 4.51. The average molecular weight is 365 g/mol. The van der Waals surface area contributed by atoms with Crippen LogP contribution in [-0.4, -0.2) is 27.5 Å². The van der Waals surface area contributed by atoms with Crippen LogP contribution in [0.1, 0.15) is 13.3 Å². The summed E-state index contributed by atoms with van der Waals surface area (Å²) in [5.74, 6) is -0.0200. The molecule has 1 aromatic heterocycles. The Morgan fingerprint density at radius 2 is 1.96 bits per heavy atom. The molecule has 0 spiro atoms. The van der Waals surface area contributed by atoms with E-state index in [0.29, 0.717) is 22.7 Å². The third-order valence-corrected chi connectivity index (χ3v) is 5.83. The van der Waals surface area contributed by atoms with E-state index in [0.717, 1.165) is 17.0 Å². The average Bonchev–Trinajstić information content (AvgIpc) is 2.82. The van der Waals surface area contributed by atoms with Crippen LogP contribution in [0, 0.1) is 0 Å². The topological polar surface area (TPSA) is 55.2 Å². The van der Waals surface area contributed by atoms with Crippen LogP contribution in [0.5, 0.6) is 0 Å². The van der Waals surface area contributed by atoms with Crippen molar-refractivity contribution in [3.05, 3.63) is 65.0 Å². The Morgan fingerprint density at radius 1 is 1.19 bits per heavy atom. The van der Waals surface area contributed by atoms with Gasteiger partial charge in [-0.15, -0.1) is 11.8 Å². The van der Waals surface area contributed by atoms with Gasteiger partial charge in [-0.25, -0.2) is 0 Å². The van der Waals surface area contributed by atoms with Crippen molar-refractivity contribution in [1.29, 1.82) is 0 Å². The van der Waals surface area contributed by atoms with Gasteiger partial charge in [0.1, 0.15) is 6.54 Å². The van der Waals surface area contributed by atoms with Crippen LogP contribution in [0.3, 0.4) is 0 Å².